The fraction of sp³-hybridized carbons (Fsp3) is 0.217. The first-order valence-corrected chi connectivity index (χ1v) is 12.3. The normalized spacial score (nSPS) is 18.7. The number of carbonyl (C=O) groups excluding carboxylic acids is 3. The van der Waals surface area contributed by atoms with Crippen LogP contribution in [0.25, 0.3) is 0 Å². The van der Waals surface area contributed by atoms with Gasteiger partial charge in [0, 0.05) is 35.1 Å². The molecule has 1 aromatic heterocycles. The zero-order chi connectivity index (χ0) is 23.2. The number of hydrogen-bond acceptors (Lipinski definition) is 7. The Bertz CT molecular complexity index is 1280. The highest BCUT2D eigenvalue weighted by Crippen LogP contribution is 2.56. The lowest BCUT2D eigenvalue weighted by Crippen LogP contribution is -2.47. The second-order valence-electron chi connectivity index (χ2n) is 7.62. The molecule has 0 N–H and O–H groups in total. The van der Waals surface area contributed by atoms with Crippen molar-refractivity contribution in [2.24, 2.45) is 0 Å². The van der Waals surface area contributed by atoms with Crippen LogP contribution in [0.5, 0.6) is 0 Å². The summed E-state index contributed by atoms with van der Waals surface area (Å²) in [5, 5.41) is 2.71. The van der Waals surface area contributed by atoms with E-state index in [9.17, 15) is 14.4 Å². The molecule has 33 heavy (non-hydrogen) atoms. The summed E-state index contributed by atoms with van der Waals surface area (Å²) in [7, 11) is 0. The Balaban J connectivity index is 1.33. The number of carbonyl (C=O) groups is 3. The number of thioether (sulfide) groups is 1. The number of rotatable bonds is 5. The van der Waals surface area contributed by atoms with Crippen LogP contribution in [0.3, 0.4) is 0 Å². The minimum Gasteiger partial charge on any atom is -0.457 e. The SMILES string of the molecule is CC(=O)N(c1cccc(Cl)c1)c1nc(COC(=O)C23CCC(=O)N2c2ccccc2S3)cs1. The topological polar surface area (TPSA) is 79.8 Å². The molecule has 1 unspecified atom stereocenters. The number of benzene rings is 2. The summed E-state index contributed by atoms with van der Waals surface area (Å²) in [6.45, 7) is 1.39. The van der Waals surface area contributed by atoms with Crippen molar-refractivity contribution in [1.29, 1.82) is 0 Å². The number of nitrogens with zero attached hydrogens (tertiary/aromatic N) is 3. The molecule has 2 aromatic carbocycles. The van der Waals surface area contributed by atoms with E-state index in [0.717, 1.165) is 10.6 Å². The average molecular weight is 500 g/mol. The summed E-state index contributed by atoms with van der Waals surface area (Å²) in [5.41, 5.74) is 1.87. The molecule has 3 aromatic rings. The smallest absolute Gasteiger partial charge is 0.343 e. The number of halogens is 1. The van der Waals surface area contributed by atoms with Crippen LogP contribution < -0.4 is 9.80 Å². The van der Waals surface area contributed by atoms with Crippen LogP contribution in [0.2, 0.25) is 5.02 Å². The van der Waals surface area contributed by atoms with E-state index in [1.165, 1.54) is 34.9 Å². The number of thiazole rings is 1. The van der Waals surface area contributed by atoms with Gasteiger partial charge in [-0.05, 0) is 30.3 Å². The molecule has 0 radical (unpaired) electrons. The van der Waals surface area contributed by atoms with E-state index in [4.69, 9.17) is 16.3 Å². The maximum Gasteiger partial charge on any atom is 0.343 e. The molecule has 0 spiro atoms. The molecular formula is C23H18ClN3O4S2. The Kier molecular flexibility index (Phi) is 5.64. The van der Waals surface area contributed by atoms with Gasteiger partial charge in [-0.25, -0.2) is 9.78 Å². The minimum atomic E-state index is -1.08. The predicted octanol–water partition coefficient (Wildman–Crippen LogP) is 5.15. The molecule has 1 fully saturated rings. The summed E-state index contributed by atoms with van der Waals surface area (Å²) < 4.78 is 5.64. The fourth-order valence-electron chi connectivity index (χ4n) is 4.03. The van der Waals surface area contributed by atoms with Crippen molar-refractivity contribution in [2.75, 3.05) is 9.80 Å². The highest BCUT2D eigenvalue weighted by molar-refractivity contribution is 8.02. The van der Waals surface area contributed by atoms with E-state index in [1.54, 1.807) is 34.5 Å². The highest BCUT2D eigenvalue weighted by Gasteiger charge is 2.58. The van der Waals surface area contributed by atoms with Gasteiger partial charge in [-0.2, -0.15) is 0 Å². The number of amides is 2. The van der Waals surface area contributed by atoms with Crippen molar-refractivity contribution in [1.82, 2.24) is 4.98 Å². The number of esters is 1. The van der Waals surface area contributed by atoms with Crippen LogP contribution in [0.4, 0.5) is 16.5 Å². The zero-order valence-electron chi connectivity index (χ0n) is 17.5. The summed E-state index contributed by atoms with van der Waals surface area (Å²) in [6.07, 6.45) is 0.684. The van der Waals surface area contributed by atoms with Gasteiger partial charge in [0.1, 0.15) is 6.61 Å². The largest absolute Gasteiger partial charge is 0.457 e. The summed E-state index contributed by atoms with van der Waals surface area (Å²) in [5.74, 6) is -0.768. The molecule has 1 saturated heterocycles. The third kappa shape index (κ3) is 3.80. The van der Waals surface area contributed by atoms with E-state index in [0.29, 0.717) is 34.4 Å². The maximum absolute atomic E-state index is 13.2. The molecule has 168 valence electrons. The minimum absolute atomic E-state index is 0.0582. The maximum atomic E-state index is 13.2. The molecule has 0 bridgehead atoms. The van der Waals surface area contributed by atoms with Gasteiger partial charge >= 0.3 is 5.97 Å². The van der Waals surface area contributed by atoms with Gasteiger partial charge in [0.25, 0.3) is 0 Å². The van der Waals surface area contributed by atoms with Crippen LogP contribution in [0.15, 0.2) is 58.8 Å². The standard InChI is InChI=1S/C23H18ClN3O4S2/c1-14(28)26(17-6-4-5-15(24)11-17)22-25-16(13-32-22)12-31-21(30)23-10-9-20(29)27(23)18-7-2-3-8-19(18)33-23/h2-8,11,13H,9-10,12H2,1H3. The number of ether oxygens (including phenoxy) is 1. The average Bonchev–Trinajstić information content (AvgIpc) is 3.47. The predicted molar refractivity (Wildman–Crippen MR) is 128 cm³/mol. The van der Waals surface area contributed by atoms with E-state index in [2.05, 4.69) is 4.98 Å². The lowest BCUT2D eigenvalue weighted by Gasteiger charge is -2.28. The number of aromatic nitrogens is 1. The van der Waals surface area contributed by atoms with Crippen molar-refractivity contribution < 1.29 is 19.1 Å². The first kappa shape index (κ1) is 21.9. The zero-order valence-corrected chi connectivity index (χ0v) is 19.9. The van der Waals surface area contributed by atoms with Gasteiger partial charge in [-0.3, -0.25) is 19.4 Å². The van der Waals surface area contributed by atoms with Gasteiger partial charge in [-0.15, -0.1) is 11.3 Å². The molecule has 2 aliphatic rings. The Morgan fingerprint density at radius 1 is 1.24 bits per heavy atom. The lowest BCUT2D eigenvalue weighted by molar-refractivity contribution is -0.148. The molecule has 10 heteroatoms. The highest BCUT2D eigenvalue weighted by atomic mass is 35.5. The Hall–Kier alpha value is -2.88. The molecule has 5 rings (SSSR count). The first-order chi connectivity index (χ1) is 15.9. The molecule has 2 amide bonds. The number of hydrogen-bond donors (Lipinski definition) is 0. The van der Waals surface area contributed by atoms with E-state index in [-0.39, 0.29) is 18.4 Å². The fourth-order valence-corrected chi connectivity index (χ4v) is 6.50. The second kappa shape index (κ2) is 8.48. The van der Waals surface area contributed by atoms with E-state index < -0.39 is 10.8 Å². The van der Waals surface area contributed by atoms with Gasteiger partial charge < -0.3 is 4.74 Å². The van der Waals surface area contributed by atoms with Crippen molar-refractivity contribution in [3.63, 3.8) is 0 Å². The lowest BCUT2D eigenvalue weighted by atomic mass is 10.2. The van der Waals surface area contributed by atoms with Crippen LogP contribution in [-0.2, 0) is 25.7 Å². The molecule has 0 aliphatic carbocycles. The molecule has 1 atom stereocenters. The van der Waals surface area contributed by atoms with Gasteiger partial charge in [0.05, 0.1) is 17.1 Å². The van der Waals surface area contributed by atoms with Crippen molar-refractivity contribution in [2.45, 2.75) is 36.1 Å². The van der Waals surface area contributed by atoms with Crippen molar-refractivity contribution in [3.05, 3.63) is 64.6 Å². The molecule has 0 saturated carbocycles. The summed E-state index contributed by atoms with van der Waals surface area (Å²) in [6, 6.07) is 14.4. The summed E-state index contributed by atoms with van der Waals surface area (Å²) >= 11 is 8.71. The third-order valence-corrected chi connectivity index (χ3v) is 8.02. The van der Waals surface area contributed by atoms with Crippen LogP contribution >= 0.6 is 34.7 Å². The Labute approximate surface area is 203 Å². The monoisotopic (exact) mass is 499 g/mol. The van der Waals surface area contributed by atoms with E-state index in [1.807, 2.05) is 24.3 Å². The van der Waals surface area contributed by atoms with Crippen LogP contribution in [0, 0.1) is 0 Å². The molecule has 7 nitrogen and oxygen atoms in total. The number of anilines is 3. The Morgan fingerprint density at radius 3 is 2.85 bits per heavy atom. The number of para-hydroxylation sites is 1. The second-order valence-corrected chi connectivity index (χ2v) is 10.2. The van der Waals surface area contributed by atoms with Crippen LogP contribution in [0.1, 0.15) is 25.5 Å². The van der Waals surface area contributed by atoms with Gasteiger partial charge in [-0.1, -0.05) is 41.6 Å². The molecule has 3 heterocycles. The van der Waals surface area contributed by atoms with Crippen LogP contribution in [-0.4, -0.2) is 27.6 Å². The van der Waals surface area contributed by atoms with Crippen molar-refractivity contribution >= 4 is 69.0 Å². The number of fused-ring (bicyclic) bond motifs is 3. The van der Waals surface area contributed by atoms with E-state index >= 15 is 0 Å². The third-order valence-electron chi connectivity index (χ3n) is 5.46. The quantitative estimate of drug-likeness (QED) is 0.451. The molecular weight excluding hydrogens is 482 g/mol. The van der Waals surface area contributed by atoms with Gasteiger partial charge in [0.15, 0.2) is 10.0 Å². The summed E-state index contributed by atoms with van der Waals surface area (Å²) in [4.78, 5) is 45.4. The Morgan fingerprint density at radius 2 is 2.06 bits per heavy atom. The first-order valence-electron chi connectivity index (χ1n) is 10.2. The van der Waals surface area contributed by atoms with Crippen molar-refractivity contribution in [3.8, 4) is 0 Å². The van der Waals surface area contributed by atoms with Gasteiger partial charge in [0.2, 0.25) is 11.8 Å². The molecule has 2 aliphatic heterocycles.